The van der Waals surface area contributed by atoms with E-state index in [2.05, 4.69) is 15.5 Å². The van der Waals surface area contributed by atoms with Gasteiger partial charge in [0.2, 0.25) is 0 Å². The van der Waals surface area contributed by atoms with Crippen LogP contribution in [0, 0.1) is 0 Å². The third-order valence-electron chi connectivity index (χ3n) is 6.23. The second kappa shape index (κ2) is 12.2. The summed E-state index contributed by atoms with van der Waals surface area (Å²) in [6, 6.07) is 24.0. The third kappa shape index (κ3) is 6.04. The molecule has 1 heterocycles. The second-order valence-electron chi connectivity index (χ2n) is 8.77. The zero-order valence-corrected chi connectivity index (χ0v) is 23.4. The van der Waals surface area contributed by atoms with E-state index in [4.69, 9.17) is 37.4 Å². The monoisotopic (exact) mass is 587 g/mol. The highest BCUT2D eigenvalue weighted by molar-refractivity contribution is 6.34. The molecule has 0 spiro atoms. The predicted octanol–water partition coefficient (Wildman–Crippen LogP) is 7.14. The summed E-state index contributed by atoms with van der Waals surface area (Å²) in [5.41, 5.74) is 5.86. The maximum absolute atomic E-state index is 13.3. The number of aromatic amines is 1. The fourth-order valence-electron chi connectivity index (χ4n) is 4.23. The standard InChI is InChI=1S/C31H23Cl2N3O5/c1-39-21-12-13-25-23(16-21)28(22-5-3-4-6-24(22)33)29(35-25)30(37)36-34-17-18-7-14-26(27(15-18)40-2)41-31(38)19-8-10-20(32)11-9-19/h3-17,35H,1-2H3,(H,36,37). The molecule has 4 aromatic carbocycles. The summed E-state index contributed by atoms with van der Waals surface area (Å²) in [5, 5.41) is 5.91. The molecule has 41 heavy (non-hydrogen) atoms. The van der Waals surface area contributed by atoms with Gasteiger partial charge in [0.15, 0.2) is 11.5 Å². The summed E-state index contributed by atoms with van der Waals surface area (Å²) in [4.78, 5) is 29.0. The van der Waals surface area contributed by atoms with E-state index >= 15 is 0 Å². The number of hydrazone groups is 1. The third-order valence-corrected chi connectivity index (χ3v) is 6.81. The van der Waals surface area contributed by atoms with E-state index < -0.39 is 11.9 Å². The van der Waals surface area contributed by atoms with Crippen LogP contribution >= 0.6 is 23.2 Å². The Labute approximate surface area is 245 Å². The largest absolute Gasteiger partial charge is 0.497 e. The number of methoxy groups -OCH3 is 2. The number of hydrogen-bond acceptors (Lipinski definition) is 6. The molecule has 1 amide bonds. The Morgan fingerprint density at radius 1 is 0.878 bits per heavy atom. The van der Waals surface area contributed by atoms with Crippen molar-refractivity contribution >= 4 is 52.2 Å². The van der Waals surface area contributed by atoms with Gasteiger partial charge in [-0.15, -0.1) is 0 Å². The molecule has 0 aliphatic heterocycles. The highest BCUT2D eigenvalue weighted by atomic mass is 35.5. The lowest BCUT2D eigenvalue weighted by Crippen LogP contribution is -2.19. The number of benzene rings is 4. The van der Waals surface area contributed by atoms with Gasteiger partial charge in [-0.3, -0.25) is 4.79 Å². The Balaban J connectivity index is 1.37. The summed E-state index contributed by atoms with van der Waals surface area (Å²) < 4.78 is 16.3. The Hall–Kier alpha value is -4.79. The van der Waals surface area contributed by atoms with Crippen molar-refractivity contribution in [3.63, 3.8) is 0 Å². The van der Waals surface area contributed by atoms with Crippen molar-refractivity contribution in [1.29, 1.82) is 0 Å². The van der Waals surface area contributed by atoms with Gasteiger partial charge >= 0.3 is 5.97 Å². The van der Waals surface area contributed by atoms with Gasteiger partial charge in [0.05, 0.1) is 26.0 Å². The highest BCUT2D eigenvalue weighted by Crippen LogP contribution is 2.38. The quantitative estimate of drug-likeness (QED) is 0.0869. The van der Waals surface area contributed by atoms with Crippen molar-refractivity contribution in [1.82, 2.24) is 10.4 Å². The molecule has 0 saturated heterocycles. The molecule has 2 N–H and O–H groups in total. The van der Waals surface area contributed by atoms with Crippen LogP contribution in [0.25, 0.3) is 22.0 Å². The topological polar surface area (TPSA) is 102 Å². The average Bonchev–Trinajstić information content (AvgIpc) is 3.37. The van der Waals surface area contributed by atoms with E-state index in [1.165, 1.54) is 13.3 Å². The maximum Gasteiger partial charge on any atom is 0.343 e. The molecule has 5 aromatic rings. The van der Waals surface area contributed by atoms with E-state index in [0.717, 1.165) is 10.9 Å². The number of halogens is 2. The van der Waals surface area contributed by atoms with Crippen molar-refractivity contribution in [2.75, 3.05) is 14.2 Å². The molecule has 0 bridgehead atoms. The van der Waals surface area contributed by atoms with Gasteiger partial charge in [0.25, 0.3) is 5.91 Å². The first-order valence-corrected chi connectivity index (χ1v) is 13.1. The van der Waals surface area contributed by atoms with Gasteiger partial charge in [-0.05, 0) is 72.3 Å². The van der Waals surface area contributed by atoms with Crippen LogP contribution in [-0.4, -0.2) is 37.3 Å². The zero-order chi connectivity index (χ0) is 28.9. The number of aromatic nitrogens is 1. The van der Waals surface area contributed by atoms with Crippen molar-refractivity contribution < 1.29 is 23.8 Å². The van der Waals surface area contributed by atoms with Crippen molar-refractivity contribution in [3.05, 3.63) is 112 Å². The molecule has 0 radical (unpaired) electrons. The van der Waals surface area contributed by atoms with Crippen LogP contribution in [0.3, 0.4) is 0 Å². The Morgan fingerprint density at radius 3 is 2.39 bits per heavy atom. The number of nitrogens with zero attached hydrogens (tertiary/aromatic N) is 1. The zero-order valence-electron chi connectivity index (χ0n) is 21.9. The normalized spacial score (nSPS) is 11.0. The summed E-state index contributed by atoms with van der Waals surface area (Å²) >= 11 is 12.4. The van der Waals surface area contributed by atoms with Crippen LogP contribution in [0.1, 0.15) is 26.4 Å². The van der Waals surface area contributed by atoms with Gasteiger partial charge in [-0.2, -0.15) is 5.10 Å². The first-order valence-electron chi connectivity index (χ1n) is 12.3. The summed E-state index contributed by atoms with van der Waals surface area (Å²) in [7, 11) is 3.04. The lowest BCUT2D eigenvalue weighted by molar-refractivity contribution is 0.0729. The van der Waals surface area contributed by atoms with E-state index in [9.17, 15) is 9.59 Å². The van der Waals surface area contributed by atoms with Gasteiger partial charge in [-0.25, -0.2) is 10.2 Å². The number of carbonyl (C=O) groups excluding carboxylic acids is 2. The minimum atomic E-state index is -0.557. The van der Waals surface area contributed by atoms with Crippen LogP contribution in [0.4, 0.5) is 0 Å². The number of fused-ring (bicyclic) bond motifs is 1. The Morgan fingerprint density at radius 2 is 1.66 bits per heavy atom. The number of hydrogen-bond donors (Lipinski definition) is 2. The molecule has 0 unspecified atom stereocenters. The van der Waals surface area contributed by atoms with E-state index in [1.807, 2.05) is 30.3 Å². The van der Waals surface area contributed by atoms with E-state index in [0.29, 0.717) is 49.5 Å². The highest BCUT2D eigenvalue weighted by Gasteiger charge is 2.21. The molecule has 5 rings (SSSR count). The van der Waals surface area contributed by atoms with Crippen LogP contribution in [0.2, 0.25) is 10.0 Å². The van der Waals surface area contributed by atoms with Crippen molar-refractivity contribution in [3.8, 4) is 28.4 Å². The SMILES string of the molecule is COc1ccc2[nH]c(C(=O)NN=Cc3ccc(OC(=O)c4ccc(Cl)cc4)c(OC)c3)c(-c3ccccc3Cl)c2c1. The fourth-order valence-corrected chi connectivity index (χ4v) is 4.58. The Bertz CT molecular complexity index is 1780. The molecule has 1 aromatic heterocycles. The number of rotatable bonds is 8. The predicted molar refractivity (Wildman–Crippen MR) is 160 cm³/mol. The van der Waals surface area contributed by atoms with Crippen molar-refractivity contribution in [2.45, 2.75) is 0 Å². The minimum Gasteiger partial charge on any atom is -0.497 e. The summed E-state index contributed by atoms with van der Waals surface area (Å²) in [6.07, 6.45) is 1.45. The van der Waals surface area contributed by atoms with Gasteiger partial charge in [0, 0.05) is 32.1 Å². The van der Waals surface area contributed by atoms with Gasteiger partial charge in [-0.1, -0.05) is 41.4 Å². The molecule has 0 aliphatic rings. The lowest BCUT2D eigenvalue weighted by Gasteiger charge is -2.10. The number of carbonyl (C=O) groups is 2. The van der Waals surface area contributed by atoms with Crippen LogP contribution in [0.15, 0.2) is 90.0 Å². The summed E-state index contributed by atoms with van der Waals surface area (Å²) in [5.74, 6) is 0.163. The van der Waals surface area contributed by atoms with Crippen LogP contribution in [0.5, 0.6) is 17.2 Å². The molecule has 0 aliphatic carbocycles. The van der Waals surface area contributed by atoms with Crippen LogP contribution in [-0.2, 0) is 0 Å². The number of nitrogens with one attached hydrogen (secondary N) is 2. The van der Waals surface area contributed by atoms with Gasteiger partial charge < -0.3 is 19.2 Å². The number of H-pyrrole nitrogens is 1. The molecular weight excluding hydrogens is 565 g/mol. The number of ether oxygens (including phenoxy) is 3. The molecular formula is C31H23Cl2N3O5. The number of esters is 1. The second-order valence-corrected chi connectivity index (χ2v) is 9.62. The average molecular weight is 588 g/mol. The fraction of sp³-hybridized carbons (Fsp3) is 0.0645. The molecule has 10 heteroatoms. The maximum atomic E-state index is 13.3. The molecule has 8 nitrogen and oxygen atoms in total. The minimum absolute atomic E-state index is 0.228. The Kier molecular flexibility index (Phi) is 8.24. The molecule has 0 fully saturated rings. The molecule has 206 valence electrons. The molecule has 0 saturated carbocycles. The van der Waals surface area contributed by atoms with E-state index in [1.54, 1.807) is 61.7 Å². The lowest BCUT2D eigenvalue weighted by atomic mass is 10.0. The van der Waals surface area contributed by atoms with E-state index in [-0.39, 0.29) is 5.75 Å². The molecule has 0 atom stereocenters. The smallest absolute Gasteiger partial charge is 0.343 e. The summed E-state index contributed by atoms with van der Waals surface area (Å²) in [6.45, 7) is 0. The first-order chi connectivity index (χ1) is 19.9. The number of amides is 1. The first kappa shape index (κ1) is 27.8. The van der Waals surface area contributed by atoms with Crippen LogP contribution < -0.4 is 19.6 Å². The van der Waals surface area contributed by atoms with Gasteiger partial charge in [0.1, 0.15) is 11.4 Å². The van der Waals surface area contributed by atoms with Crippen molar-refractivity contribution in [2.24, 2.45) is 5.10 Å².